The number of carbonyl (C=O) groups is 1. The van der Waals surface area contributed by atoms with Gasteiger partial charge in [-0.3, -0.25) is 19.8 Å². The molecule has 4 heterocycles. The number of hydrogen-bond donors (Lipinski definition) is 2. The number of pyridine rings is 1. The van der Waals surface area contributed by atoms with E-state index in [1.54, 1.807) is 23.7 Å². The van der Waals surface area contributed by atoms with E-state index in [1.165, 1.54) is 0 Å². The fourth-order valence-electron chi connectivity index (χ4n) is 3.85. The van der Waals surface area contributed by atoms with Gasteiger partial charge in [-0.2, -0.15) is 16.4 Å². The van der Waals surface area contributed by atoms with Gasteiger partial charge in [-0.1, -0.05) is 18.2 Å². The second kappa shape index (κ2) is 9.93. The first-order chi connectivity index (χ1) is 16.2. The Balaban J connectivity index is 1.17. The van der Waals surface area contributed by atoms with Gasteiger partial charge in [0.05, 0.1) is 6.54 Å². The summed E-state index contributed by atoms with van der Waals surface area (Å²) in [5.41, 5.74) is 3.13. The summed E-state index contributed by atoms with van der Waals surface area (Å²) in [6.45, 7) is 2.10. The molecule has 33 heavy (non-hydrogen) atoms. The summed E-state index contributed by atoms with van der Waals surface area (Å²) in [6, 6.07) is 13.8. The van der Waals surface area contributed by atoms with Crippen molar-refractivity contribution in [1.29, 1.82) is 0 Å². The van der Waals surface area contributed by atoms with Gasteiger partial charge in [0.1, 0.15) is 17.7 Å². The van der Waals surface area contributed by atoms with Crippen LogP contribution >= 0.6 is 11.3 Å². The van der Waals surface area contributed by atoms with E-state index in [9.17, 15) is 4.79 Å². The molecule has 1 amide bonds. The zero-order chi connectivity index (χ0) is 22.5. The smallest absolute Gasteiger partial charge is 0.234 e. The topological polar surface area (TPSA) is 96.0 Å². The molecule has 2 N–H and O–H groups in total. The van der Waals surface area contributed by atoms with E-state index in [0.29, 0.717) is 38.4 Å². The van der Waals surface area contributed by atoms with Crippen LogP contribution in [0.2, 0.25) is 0 Å². The van der Waals surface area contributed by atoms with Gasteiger partial charge in [-0.25, -0.2) is 4.98 Å². The Morgan fingerprint density at radius 2 is 2.09 bits per heavy atom. The third-order valence-electron chi connectivity index (χ3n) is 5.50. The number of fused-ring (bicyclic) bond motifs is 1. The van der Waals surface area contributed by atoms with E-state index in [0.717, 1.165) is 28.3 Å². The minimum atomic E-state index is -0.103. The highest BCUT2D eigenvalue weighted by atomic mass is 32.1. The molecule has 4 aromatic rings. The molecule has 9 heteroatoms. The van der Waals surface area contributed by atoms with Gasteiger partial charge in [0.15, 0.2) is 5.82 Å². The Kier molecular flexibility index (Phi) is 6.41. The van der Waals surface area contributed by atoms with E-state index in [1.807, 2.05) is 30.3 Å². The summed E-state index contributed by atoms with van der Waals surface area (Å²) in [7, 11) is 0. The summed E-state index contributed by atoms with van der Waals surface area (Å²) in [6.07, 6.45) is 3.89. The average molecular weight is 461 g/mol. The van der Waals surface area contributed by atoms with E-state index >= 15 is 0 Å². The summed E-state index contributed by atoms with van der Waals surface area (Å²) in [5.74, 6) is 2.22. The van der Waals surface area contributed by atoms with Gasteiger partial charge < -0.3 is 10.1 Å². The summed E-state index contributed by atoms with van der Waals surface area (Å²) in [4.78, 5) is 23.3. The van der Waals surface area contributed by atoms with Crippen molar-refractivity contribution in [3.63, 3.8) is 0 Å². The van der Waals surface area contributed by atoms with Crippen LogP contribution in [0.4, 0.5) is 0 Å². The maximum absolute atomic E-state index is 12.7. The van der Waals surface area contributed by atoms with E-state index in [2.05, 4.69) is 53.3 Å². The van der Waals surface area contributed by atoms with Crippen LogP contribution in [0.15, 0.2) is 65.6 Å². The molecule has 1 aliphatic rings. The van der Waals surface area contributed by atoms with Crippen molar-refractivity contribution in [1.82, 2.24) is 30.4 Å². The Bertz CT molecular complexity index is 1190. The quantitative estimate of drug-likeness (QED) is 0.440. The predicted octanol–water partition coefficient (Wildman–Crippen LogP) is 3.22. The summed E-state index contributed by atoms with van der Waals surface area (Å²) >= 11 is 1.65. The molecule has 1 atom stereocenters. The molecular formula is C24H24N6O2S. The zero-order valence-corrected chi connectivity index (χ0v) is 18.8. The third kappa shape index (κ3) is 5.27. The molecule has 8 nitrogen and oxygen atoms in total. The number of hydrogen-bond acceptors (Lipinski definition) is 7. The van der Waals surface area contributed by atoms with Gasteiger partial charge in [0.25, 0.3) is 0 Å². The molecule has 0 bridgehead atoms. The van der Waals surface area contributed by atoms with Crippen molar-refractivity contribution in [3.8, 4) is 17.1 Å². The van der Waals surface area contributed by atoms with Gasteiger partial charge in [0, 0.05) is 55.1 Å². The van der Waals surface area contributed by atoms with Gasteiger partial charge >= 0.3 is 0 Å². The molecule has 1 aliphatic heterocycles. The molecule has 168 valence electrons. The van der Waals surface area contributed by atoms with Crippen molar-refractivity contribution in [3.05, 3.63) is 82.6 Å². The molecule has 0 unspecified atom stereocenters. The molecule has 0 fully saturated rings. The lowest BCUT2D eigenvalue weighted by molar-refractivity contribution is -0.122. The number of benzene rings is 1. The SMILES string of the molecule is O=C(CN1Cc2ccccc2O[C@@H](c2ccsc2)C1)NCCc1nc(-c2ccncc2)n[nH]1. The van der Waals surface area contributed by atoms with Crippen LogP contribution < -0.4 is 10.1 Å². The summed E-state index contributed by atoms with van der Waals surface area (Å²) in [5, 5.41) is 14.3. The average Bonchev–Trinajstić information content (AvgIpc) is 3.50. The number of thiophene rings is 1. The lowest BCUT2D eigenvalue weighted by atomic mass is 10.2. The lowest BCUT2D eigenvalue weighted by Crippen LogP contribution is -2.39. The lowest BCUT2D eigenvalue weighted by Gasteiger charge is -2.23. The summed E-state index contributed by atoms with van der Waals surface area (Å²) < 4.78 is 6.30. The van der Waals surface area contributed by atoms with Crippen LogP contribution in [-0.4, -0.2) is 50.6 Å². The van der Waals surface area contributed by atoms with E-state index in [-0.39, 0.29) is 12.0 Å². The van der Waals surface area contributed by atoms with E-state index < -0.39 is 0 Å². The monoisotopic (exact) mass is 460 g/mol. The molecule has 0 saturated carbocycles. The minimum Gasteiger partial charge on any atom is -0.484 e. The molecular weight excluding hydrogens is 436 g/mol. The number of amides is 1. The molecule has 5 rings (SSSR count). The molecule has 1 aromatic carbocycles. The normalized spacial score (nSPS) is 15.9. The molecule has 0 saturated heterocycles. The van der Waals surface area contributed by atoms with Crippen LogP contribution in [0.25, 0.3) is 11.4 Å². The molecule has 0 aliphatic carbocycles. The van der Waals surface area contributed by atoms with Crippen LogP contribution in [0, 0.1) is 0 Å². The Morgan fingerprint density at radius 3 is 2.94 bits per heavy atom. The van der Waals surface area contributed by atoms with Gasteiger partial charge in [-0.05, 0) is 35.0 Å². The van der Waals surface area contributed by atoms with Crippen LogP contribution in [-0.2, 0) is 17.8 Å². The molecule has 0 radical (unpaired) electrons. The maximum atomic E-state index is 12.7. The molecule has 3 aromatic heterocycles. The number of para-hydroxylation sites is 1. The first-order valence-electron chi connectivity index (χ1n) is 10.8. The Hall–Kier alpha value is -3.56. The van der Waals surface area contributed by atoms with Crippen molar-refractivity contribution in [2.24, 2.45) is 0 Å². The highest BCUT2D eigenvalue weighted by Crippen LogP contribution is 2.31. The van der Waals surface area contributed by atoms with Crippen molar-refractivity contribution in [2.75, 3.05) is 19.6 Å². The Labute approximate surface area is 195 Å². The number of rotatable bonds is 7. The van der Waals surface area contributed by atoms with Crippen molar-refractivity contribution >= 4 is 17.2 Å². The fourth-order valence-corrected chi connectivity index (χ4v) is 4.55. The highest BCUT2D eigenvalue weighted by molar-refractivity contribution is 7.07. The number of carbonyl (C=O) groups excluding carboxylic acids is 1. The number of H-pyrrole nitrogens is 1. The zero-order valence-electron chi connectivity index (χ0n) is 18.0. The molecule has 0 spiro atoms. The maximum Gasteiger partial charge on any atom is 0.234 e. The van der Waals surface area contributed by atoms with Crippen LogP contribution in [0.1, 0.15) is 23.1 Å². The fraction of sp³-hybridized carbons (Fsp3) is 0.250. The van der Waals surface area contributed by atoms with Crippen LogP contribution in [0.5, 0.6) is 5.75 Å². The first kappa shape index (κ1) is 21.3. The number of aromatic amines is 1. The van der Waals surface area contributed by atoms with Gasteiger partial charge in [-0.15, -0.1) is 0 Å². The largest absolute Gasteiger partial charge is 0.484 e. The second-order valence-electron chi connectivity index (χ2n) is 7.88. The minimum absolute atomic E-state index is 0.0210. The van der Waals surface area contributed by atoms with Gasteiger partial charge in [0.2, 0.25) is 5.91 Å². The number of nitrogens with one attached hydrogen (secondary N) is 2. The van der Waals surface area contributed by atoms with Crippen molar-refractivity contribution < 1.29 is 9.53 Å². The number of nitrogens with zero attached hydrogens (tertiary/aromatic N) is 4. The van der Waals surface area contributed by atoms with Crippen LogP contribution in [0.3, 0.4) is 0 Å². The Morgan fingerprint density at radius 1 is 1.21 bits per heavy atom. The third-order valence-corrected chi connectivity index (χ3v) is 6.20. The first-order valence-corrected chi connectivity index (χ1v) is 11.8. The predicted molar refractivity (Wildman–Crippen MR) is 126 cm³/mol. The standard InChI is InChI=1S/C24H24N6O2S/c31-23(26-11-7-22-27-24(29-28-22)17-5-9-25-10-6-17)15-30-13-18-3-1-2-4-20(18)32-21(14-30)19-8-12-33-16-19/h1-6,8-10,12,16,21H,7,11,13-15H2,(H,26,31)(H,27,28,29)/t21-/m1/s1. The van der Waals surface area contributed by atoms with E-state index in [4.69, 9.17) is 4.74 Å². The second-order valence-corrected chi connectivity index (χ2v) is 8.66. The highest BCUT2D eigenvalue weighted by Gasteiger charge is 2.25. The number of ether oxygens (including phenoxy) is 1. The number of aromatic nitrogens is 4. The van der Waals surface area contributed by atoms with Crippen molar-refractivity contribution in [2.45, 2.75) is 19.1 Å².